The molecule has 1 aromatic carbocycles. The molecule has 0 bridgehead atoms. The Labute approximate surface area is 151 Å². The maximum atomic E-state index is 6.38. The number of methoxy groups -OCH3 is 1. The minimum atomic E-state index is -0.442. The zero-order valence-corrected chi connectivity index (χ0v) is 16.0. The van der Waals surface area contributed by atoms with E-state index in [0.717, 1.165) is 18.4 Å². The molecule has 1 aliphatic rings. The fourth-order valence-electron chi connectivity index (χ4n) is 3.27. The predicted octanol–water partition coefficient (Wildman–Crippen LogP) is 3.56. The van der Waals surface area contributed by atoms with E-state index < -0.39 is 5.60 Å². The van der Waals surface area contributed by atoms with Crippen LogP contribution in [0.1, 0.15) is 39.2 Å². The Kier molecular flexibility index (Phi) is 7.84. The second-order valence-corrected chi connectivity index (χ2v) is 7.14. The van der Waals surface area contributed by atoms with E-state index in [4.69, 9.17) is 23.7 Å². The molecule has 1 fully saturated rings. The second-order valence-electron chi connectivity index (χ2n) is 7.14. The van der Waals surface area contributed by atoms with E-state index in [2.05, 4.69) is 32.9 Å². The molecule has 142 valence electrons. The third-order valence-electron chi connectivity index (χ3n) is 4.58. The lowest BCUT2D eigenvalue weighted by Crippen LogP contribution is -2.45. The molecule has 5 heteroatoms. The van der Waals surface area contributed by atoms with Crippen LogP contribution in [0, 0.1) is 0 Å². The summed E-state index contributed by atoms with van der Waals surface area (Å²) in [6.45, 7) is 8.73. The first-order chi connectivity index (χ1) is 12.0. The number of hydrogen-bond donors (Lipinski definition) is 0. The van der Waals surface area contributed by atoms with Gasteiger partial charge >= 0.3 is 0 Å². The molecule has 0 saturated carbocycles. The standard InChI is InChI=1S/C20H32O5/c1-5-20(15-23-14-17-9-7-6-8-10-17)18(13-19(2,3)25-20)24-16-22-12-11-21-4/h6-10,18H,5,11-16H2,1-4H3. The molecule has 0 amide bonds. The SMILES string of the molecule is CCC1(COCc2ccccc2)OC(C)(C)CC1OCOCCOC. The molecule has 0 aromatic heterocycles. The van der Waals surface area contributed by atoms with Gasteiger partial charge in [-0.25, -0.2) is 0 Å². The van der Waals surface area contributed by atoms with Gasteiger partial charge in [0.1, 0.15) is 12.4 Å². The lowest BCUT2D eigenvalue weighted by molar-refractivity contribution is -0.183. The van der Waals surface area contributed by atoms with Crippen molar-refractivity contribution in [2.45, 2.75) is 57.5 Å². The lowest BCUT2D eigenvalue weighted by atomic mass is 9.92. The first-order valence-electron chi connectivity index (χ1n) is 9.01. The number of ether oxygens (including phenoxy) is 5. The van der Waals surface area contributed by atoms with Crippen molar-refractivity contribution in [3.05, 3.63) is 35.9 Å². The number of rotatable bonds is 11. The van der Waals surface area contributed by atoms with Gasteiger partial charge in [0, 0.05) is 13.5 Å². The summed E-state index contributed by atoms with van der Waals surface area (Å²) in [6.07, 6.45) is 1.60. The summed E-state index contributed by atoms with van der Waals surface area (Å²) in [5.41, 5.74) is 0.484. The van der Waals surface area contributed by atoms with Gasteiger partial charge in [0.2, 0.25) is 0 Å². The van der Waals surface area contributed by atoms with Gasteiger partial charge in [0.05, 0.1) is 38.1 Å². The Hall–Kier alpha value is -0.980. The van der Waals surface area contributed by atoms with Crippen LogP contribution < -0.4 is 0 Å². The average molecular weight is 352 g/mol. The Morgan fingerprint density at radius 3 is 2.56 bits per heavy atom. The molecule has 1 saturated heterocycles. The maximum Gasteiger partial charge on any atom is 0.147 e. The van der Waals surface area contributed by atoms with Gasteiger partial charge < -0.3 is 23.7 Å². The van der Waals surface area contributed by atoms with E-state index in [1.54, 1.807) is 7.11 Å². The van der Waals surface area contributed by atoms with Crippen LogP contribution in [0.4, 0.5) is 0 Å². The van der Waals surface area contributed by atoms with Crippen LogP contribution in [-0.4, -0.2) is 51.0 Å². The highest BCUT2D eigenvalue weighted by molar-refractivity contribution is 5.13. The van der Waals surface area contributed by atoms with E-state index in [-0.39, 0.29) is 18.5 Å². The van der Waals surface area contributed by atoms with Crippen molar-refractivity contribution in [3.63, 3.8) is 0 Å². The smallest absolute Gasteiger partial charge is 0.147 e. The highest BCUT2D eigenvalue weighted by atomic mass is 16.7. The number of hydrogen-bond acceptors (Lipinski definition) is 5. The van der Waals surface area contributed by atoms with E-state index in [1.165, 1.54) is 0 Å². The number of benzene rings is 1. The van der Waals surface area contributed by atoms with Gasteiger partial charge in [-0.05, 0) is 25.8 Å². The van der Waals surface area contributed by atoms with Crippen molar-refractivity contribution in [1.82, 2.24) is 0 Å². The molecule has 2 rings (SSSR count). The quantitative estimate of drug-likeness (QED) is 0.450. The van der Waals surface area contributed by atoms with Crippen molar-refractivity contribution >= 4 is 0 Å². The molecule has 2 unspecified atom stereocenters. The van der Waals surface area contributed by atoms with Crippen LogP contribution in [0.15, 0.2) is 30.3 Å². The molecular weight excluding hydrogens is 320 g/mol. The highest BCUT2D eigenvalue weighted by Gasteiger charge is 2.52. The van der Waals surface area contributed by atoms with E-state index in [1.807, 2.05) is 18.2 Å². The fraction of sp³-hybridized carbons (Fsp3) is 0.700. The van der Waals surface area contributed by atoms with Crippen molar-refractivity contribution in [2.75, 3.05) is 33.7 Å². The van der Waals surface area contributed by atoms with Crippen LogP contribution in [0.25, 0.3) is 0 Å². The Morgan fingerprint density at radius 2 is 1.88 bits per heavy atom. The molecule has 0 spiro atoms. The topological polar surface area (TPSA) is 46.2 Å². The molecule has 25 heavy (non-hydrogen) atoms. The van der Waals surface area contributed by atoms with Crippen LogP contribution in [-0.2, 0) is 30.3 Å². The first kappa shape index (κ1) is 20.3. The van der Waals surface area contributed by atoms with E-state index in [9.17, 15) is 0 Å². The van der Waals surface area contributed by atoms with Crippen molar-refractivity contribution in [3.8, 4) is 0 Å². The van der Waals surface area contributed by atoms with Gasteiger partial charge in [-0.3, -0.25) is 0 Å². The third kappa shape index (κ3) is 6.04. The van der Waals surface area contributed by atoms with E-state index >= 15 is 0 Å². The van der Waals surface area contributed by atoms with Gasteiger partial charge in [-0.1, -0.05) is 37.3 Å². The molecule has 0 N–H and O–H groups in total. The highest BCUT2D eigenvalue weighted by Crippen LogP contribution is 2.42. The summed E-state index contributed by atoms with van der Waals surface area (Å²) >= 11 is 0. The Balaban J connectivity index is 1.90. The zero-order chi connectivity index (χ0) is 18.2. The molecule has 0 aliphatic carbocycles. The van der Waals surface area contributed by atoms with Gasteiger partial charge in [0.25, 0.3) is 0 Å². The minimum Gasteiger partial charge on any atom is -0.382 e. The minimum absolute atomic E-state index is 0.0502. The van der Waals surface area contributed by atoms with Crippen molar-refractivity contribution < 1.29 is 23.7 Å². The van der Waals surface area contributed by atoms with Crippen LogP contribution in [0.3, 0.4) is 0 Å². The monoisotopic (exact) mass is 352 g/mol. The normalized spacial score (nSPS) is 25.4. The lowest BCUT2D eigenvalue weighted by Gasteiger charge is -2.34. The first-order valence-corrected chi connectivity index (χ1v) is 9.01. The van der Waals surface area contributed by atoms with E-state index in [0.29, 0.717) is 26.4 Å². The Morgan fingerprint density at radius 1 is 1.12 bits per heavy atom. The largest absolute Gasteiger partial charge is 0.382 e. The molecule has 0 radical (unpaired) electrons. The molecule has 1 aromatic rings. The van der Waals surface area contributed by atoms with Crippen LogP contribution >= 0.6 is 0 Å². The summed E-state index contributed by atoms with van der Waals surface area (Å²) in [4.78, 5) is 0. The molecule has 1 heterocycles. The van der Waals surface area contributed by atoms with Gasteiger partial charge in [0.15, 0.2) is 0 Å². The molecule has 1 aliphatic heterocycles. The maximum absolute atomic E-state index is 6.38. The molecular formula is C20H32O5. The Bertz CT molecular complexity index is 490. The van der Waals surface area contributed by atoms with Crippen LogP contribution in [0.5, 0.6) is 0 Å². The molecule has 2 atom stereocenters. The van der Waals surface area contributed by atoms with Crippen molar-refractivity contribution in [2.24, 2.45) is 0 Å². The fourth-order valence-corrected chi connectivity index (χ4v) is 3.27. The van der Waals surface area contributed by atoms with Gasteiger partial charge in [-0.15, -0.1) is 0 Å². The summed E-state index contributed by atoms with van der Waals surface area (Å²) in [7, 11) is 1.66. The van der Waals surface area contributed by atoms with Crippen LogP contribution in [0.2, 0.25) is 0 Å². The predicted molar refractivity (Wildman–Crippen MR) is 96.5 cm³/mol. The summed E-state index contributed by atoms with van der Waals surface area (Å²) in [6, 6.07) is 10.2. The second kappa shape index (κ2) is 9.64. The third-order valence-corrected chi connectivity index (χ3v) is 4.58. The van der Waals surface area contributed by atoms with Crippen molar-refractivity contribution in [1.29, 1.82) is 0 Å². The molecule has 5 nitrogen and oxygen atoms in total. The zero-order valence-electron chi connectivity index (χ0n) is 16.0. The summed E-state index contributed by atoms with van der Waals surface area (Å²) < 4.78 is 28.8. The van der Waals surface area contributed by atoms with Gasteiger partial charge in [-0.2, -0.15) is 0 Å². The average Bonchev–Trinajstić information content (AvgIpc) is 2.86. The summed E-state index contributed by atoms with van der Waals surface area (Å²) in [5.74, 6) is 0. The summed E-state index contributed by atoms with van der Waals surface area (Å²) in [5, 5.41) is 0.